The lowest BCUT2D eigenvalue weighted by atomic mass is 10.2. The second-order valence-corrected chi connectivity index (χ2v) is 8.13. The van der Waals surface area contributed by atoms with Gasteiger partial charge in [0, 0.05) is 0 Å². The van der Waals surface area contributed by atoms with E-state index in [0.717, 1.165) is 12.1 Å². The van der Waals surface area contributed by atoms with E-state index >= 15 is 0 Å². The van der Waals surface area contributed by atoms with E-state index in [0.29, 0.717) is 16.6 Å². The summed E-state index contributed by atoms with van der Waals surface area (Å²) in [6.45, 7) is 0.201. The van der Waals surface area contributed by atoms with E-state index in [1.54, 1.807) is 21.1 Å². The van der Waals surface area contributed by atoms with Crippen molar-refractivity contribution in [3.05, 3.63) is 29.8 Å². The molecule has 1 aromatic rings. The second-order valence-electron chi connectivity index (χ2n) is 6.41. The Morgan fingerprint density at radius 2 is 1.71 bits per heavy atom. The molecule has 1 atom stereocenters. The van der Waals surface area contributed by atoms with Gasteiger partial charge in [0.25, 0.3) is 0 Å². The van der Waals surface area contributed by atoms with E-state index in [9.17, 15) is 26.4 Å². The molecule has 1 aromatic carbocycles. The molecule has 2 N–H and O–H groups in total. The summed E-state index contributed by atoms with van der Waals surface area (Å²) < 4.78 is 64.7. The monoisotopic (exact) mass is 369 g/mol. The first kappa shape index (κ1) is 20.4. The second kappa shape index (κ2) is 7.08. The molecule has 0 saturated carbocycles. The Morgan fingerprint density at radius 3 is 2.08 bits per heavy atom. The Hall–Kier alpha value is -1.65. The van der Waals surface area contributed by atoms with Crippen LogP contribution >= 0.6 is 0 Å². The number of likely N-dealkylation sites (N-methyl/N-ethyl adjacent to an activating group) is 1. The number of quaternary nitrogens is 1. The topological polar surface area (TPSA) is 83.5 Å². The van der Waals surface area contributed by atoms with Crippen molar-refractivity contribution in [1.82, 2.24) is 4.72 Å². The maximum absolute atomic E-state index is 12.5. The lowest BCUT2D eigenvalue weighted by molar-refractivity contribution is -0.871. The van der Waals surface area contributed by atoms with Crippen LogP contribution in [0.25, 0.3) is 0 Å². The van der Waals surface area contributed by atoms with Crippen LogP contribution < -0.4 is 4.72 Å². The average Bonchev–Trinajstić information content (AvgIpc) is 2.34. The van der Waals surface area contributed by atoms with Crippen LogP contribution in [-0.2, 0) is 21.0 Å². The summed E-state index contributed by atoms with van der Waals surface area (Å²) in [4.78, 5) is 10.6. The number of nitrogens with zero attached hydrogens (tertiary/aromatic N) is 1. The SMILES string of the molecule is C[N+](C)(C)C[C@H](CC(=O)O)NS(=O)(=O)c1ccc(C(F)(F)F)cc1. The molecule has 0 radical (unpaired) electrons. The molecule has 0 aliphatic heterocycles. The minimum Gasteiger partial charge on any atom is -0.481 e. The fraction of sp³-hybridized carbons (Fsp3) is 0.500. The quantitative estimate of drug-likeness (QED) is 0.714. The Labute approximate surface area is 138 Å². The highest BCUT2D eigenvalue weighted by atomic mass is 32.2. The summed E-state index contributed by atoms with van der Waals surface area (Å²) >= 11 is 0. The first-order valence-electron chi connectivity index (χ1n) is 6.92. The van der Waals surface area contributed by atoms with E-state index in [1.807, 2.05) is 0 Å². The van der Waals surface area contributed by atoms with Crippen molar-refractivity contribution >= 4 is 16.0 Å². The molecule has 0 aromatic heterocycles. The zero-order chi connectivity index (χ0) is 18.8. The highest BCUT2D eigenvalue weighted by Crippen LogP contribution is 2.29. The maximum atomic E-state index is 12.5. The molecular weight excluding hydrogens is 349 g/mol. The summed E-state index contributed by atoms with van der Waals surface area (Å²) in [6.07, 6.45) is -5.00. The molecule has 0 fully saturated rings. The van der Waals surface area contributed by atoms with E-state index in [4.69, 9.17) is 5.11 Å². The largest absolute Gasteiger partial charge is 0.481 e. The average molecular weight is 369 g/mol. The zero-order valence-electron chi connectivity index (χ0n) is 13.5. The van der Waals surface area contributed by atoms with Gasteiger partial charge in [0.15, 0.2) is 0 Å². The standard InChI is InChI=1S/C14H19F3N2O4S/c1-19(2,3)9-11(8-13(20)21)18-24(22,23)12-6-4-10(5-7-12)14(15,16)17/h4-7,11,18H,8-9H2,1-3H3/p+1/t11-/m0/s1. The van der Waals surface area contributed by atoms with Crippen LogP contribution in [0.15, 0.2) is 29.2 Å². The normalized spacial score (nSPS) is 14.4. The summed E-state index contributed by atoms with van der Waals surface area (Å²) in [5.41, 5.74) is -0.963. The van der Waals surface area contributed by atoms with Crippen molar-refractivity contribution in [2.24, 2.45) is 0 Å². The first-order valence-corrected chi connectivity index (χ1v) is 8.41. The molecule has 136 valence electrons. The Balaban J connectivity index is 3.02. The van der Waals surface area contributed by atoms with Gasteiger partial charge in [0.05, 0.1) is 50.6 Å². The molecule has 0 aliphatic rings. The van der Waals surface area contributed by atoms with Gasteiger partial charge in [-0.05, 0) is 24.3 Å². The number of benzene rings is 1. The van der Waals surface area contributed by atoms with Crippen LogP contribution in [0, 0.1) is 0 Å². The minimum absolute atomic E-state index is 0.201. The Morgan fingerprint density at radius 1 is 1.21 bits per heavy atom. The lowest BCUT2D eigenvalue weighted by Crippen LogP contribution is -2.49. The number of hydrogen-bond acceptors (Lipinski definition) is 3. The third-order valence-corrected chi connectivity index (χ3v) is 4.54. The number of halogens is 3. The van der Waals surface area contributed by atoms with Crippen molar-refractivity contribution in [3.8, 4) is 0 Å². The summed E-state index contributed by atoms with van der Waals surface area (Å²) in [5.74, 6) is -1.18. The summed E-state index contributed by atoms with van der Waals surface area (Å²) in [5, 5.41) is 8.91. The third kappa shape index (κ3) is 6.46. The van der Waals surface area contributed by atoms with Crippen LogP contribution in [0.2, 0.25) is 0 Å². The van der Waals surface area contributed by atoms with Gasteiger partial charge in [-0.25, -0.2) is 13.1 Å². The fourth-order valence-electron chi connectivity index (χ4n) is 2.13. The van der Waals surface area contributed by atoms with Crippen LogP contribution in [-0.4, -0.2) is 57.7 Å². The number of alkyl halides is 3. The van der Waals surface area contributed by atoms with Crippen LogP contribution in [0.5, 0.6) is 0 Å². The number of hydrogen-bond donors (Lipinski definition) is 2. The van der Waals surface area contributed by atoms with Gasteiger partial charge >= 0.3 is 12.1 Å². The van der Waals surface area contributed by atoms with Crippen molar-refractivity contribution in [3.63, 3.8) is 0 Å². The van der Waals surface area contributed by atoms with E-state index < -0.39 is 40.2 Å². The number of aliphatic carboxylic acids is 1. The van der Waals surface area contributed by atoms with E-state index in [2.05, 4.69) is 4.72 Å². The highest BCUT2D eigenvalue weighted by Gasteiger charge is 2.31. The van der Waals surface area contributed by atoms with Crippen LogP contribution in [0.3, 0.4) is 0 Å². The maximum Gasteiger partial charge on any atom is 0.416 e. The number of carboxylic acid groups (broad SMARTS) is 1. The number of rotatable bonds is 7. The molecule has 0 spiro atoms. The van der Waals surface area contributed by atoms with Crippen LogP contribution in [0.4, 0.5) is 13.2 Å². The van der Waals surface area contributed by atoms with E-state index in [-0.39, 0.29) is 11.4 Å². The molecule has 24 heavy (non-hydrogen) atoms. The number of carbonyl (C=O) groups is 1. The number of carboxylic acids is 1. The Kier molecular flexibility index (Phi) is 6.01. The van der Waals surface area contributed by atoms with Crippen LogP contribution in [0.1, 0.15) is 12.0 Å². The number of sulfonamides is 1. The zero-order valence-corrected chi connectivity index (χ0v) is 14.3. The molecule has 0 unspecified atom stereocenters. The smallest absolute Gasteiger partial charge is 0.416 e. The van der Waals surface area contributed by atoms with Gasteiger partial charge < -0.3 is 9.59 Å². The number of nitrogens with one attached hydrogen (secondary N) is 1. The van der Waals surface area contributed by atoms with Gasteiger partial charge in [-0.15, -0.1) is 0 Å². The van der Waals surface area contributed by atoms with Crippen molar-refractivity contribution < 1.29 is 36.0 Å². The van der Waals surface area contributed by atoms with Gasteiger partial charge in [-0.3, -0.25) is 4.79 Å². The molecule has 0 amide bonds. The third-order valence-electron chi connectivity index (χ3n) is 3.00. The predicted molar refractivity (Wildman–Crippen MR) is 80.7 cm³/mol. The predicted octanol–water partition coefficient (Wildman–Crippen LogP) is 1.53. The molecule has 0 aliphatic carbocycles. The van der Waals surface area contributed by atoms with Gasteiger partial charge in [0.1, 0.15) is 0 Å². The summed E-state index contributed by atoms with van der Waals surface area (Å²) in [7, 11) is 1.17. The van der Waals surface area contributed by atoms with Crippen molar-refractivity contribution in [2.75, 3.05) is 27.7 Å². The molecule has 0 bridgehead atoms. The molecule has 6 nitrogen and oxygen atoms in total. The summed E-state index contributed by atoms with van der Waals surface area (Å²) in [6, 6.07) is 2.13. The van der Waals surface area contributed by atoms with Gasteiger partial charge in [-0.1, -0.05) is 0 Å². The molecule has 0 saturated heterocycles. The fourth-order valence-corrected chi connectivity index (χ4v) is 3.35. The molecule has 10 heteroatoms. The first-order chi connectivity index (χ1) is 10.7. The van der Waals surface area contributed by atoms with Gasteiger partial charge in [-0.2, -0.15) is 13.2 Å². The van der Waals surface area contributed by atoms with Crippen molar-refractivity contribution in [1.29, 1.82) is 0 Å². The minimum atomic E-state index is -4.56. The molecule has 1 rings (SSSR count). The van der Waals surface area contributed by atoms with Gasteiger partial charge in [0.2, 0.25) is 10.0 Å². The lowest BCUT2D eigenvalue weighted by Gasteiger charge is -2.29. The highest BCUT2D eigenvalue weighted by molar-refractivity contribution is 7.89. The Bertz CT molecular complexity index is 679. The molecule has 0 heterocycles. The molecular formula is C14H20F3N2O4S+. The van der Waals surface area contributed by atoms with Crippen molar-refractivity contribution in [2.45, 2.75) is 23.5 Å². The van der Waals surface area contributed by atoms with E-state index in [1.165, 1.54) is 0 Å².